The Morgan fingerprint density at radius 2 is 1.68 bits per heavy atom. The number of rotatable bonds is 3. The number of hydrogen-bond acceptors (Lipinski definition) is 2. The van der Waals surface area contributed by atoms with Crippen LogP contribution in [-0.2, 0) is 6.61 Å². The summed E-state index contributed by atoms with van der Waals surface area (Å²) in [4.78, 5) is 7.63. The number of aromatic amines is 1. The van der Waals surface area contributed by atoms with Crippen LogP contribution in [0, 0.1) is 6.92 Å². The molecule has 118 valence electrons. The van der Waals surface area contributed by atoms with E-state index in [1.54, 1.807) is 0 Å². The molecule has 0 spiro atoms. The molecular formula is C19H26N2O. The molecule has 3 heteroatoms. The Morgan fingerprint density at radius 3 is 2.36 bits per heavy atom. The molecule has 0 saturated heterocycles. The van der Waals surface area contributed by atoms with E-state index in [0.29, 0.717) is 12.5 Å². The molecule has 22 heavy (non-hydrogen) atoms. The van der Waals surface area contributed by atoms with Gasteiger partial charge in [-0.3, -0.25) is 0 Å². The molecule has 3 nitrogen and oxygen atoms in total. The first-order valence-electron chi connectivity index (χ1n) is 7.94. The maximum atomic E-state index is 5.66. The second-order valence-electron chi connectivity index (χ2n) is 4.29. The first-order valence-corrected chi connectivity index (χ1v) is 7.94. The third kappa shape index (κ3) is 4.92. The Balaban J connectivity index is 0.000000561. The molecule has 0 aliphatic heterocycles. The van der Waals surface area contributed by atoms with E-state index in [0.717, 1.165) is 16.9 Å². The van der Waals surface area contributed by atoms with Gasteiger partial charge in [0.15, 0.2) is 0 Å². The van der Waals surface area contributed by atoms with Crippen molar-refractivity contribution in [2.45, 2.75) is 41.2 Å². The van der Waals surface area contributed by atoms with E-state index in [1.807, 2.05) is 65.0 Å². The molecule has 0 saturated carbocycles. The van der Waals surface area contributed by atoms with Crippen LogP contribution in [0.15, 0.2) is 48.5 Å². The lowest BCUT2D eigenvalue weighted by Crippen LogP contribution is -1.97. The molecule has 0 radical (unpaired) electrons. The van der Waals surface area contributed by atoms with E-state index in [2.05, 4.69) is 28.2 Å². The van der Waals surface area contributed by atoms with E-state index >= 15 is 0 Å². The van der Waals surface area contributed by atoms with Crippen LogP contribution in [0.5, 0.6) is 5.88 Å². The van der Waals surface area contributed by atoms with Crippen LogP contribution >= 0.6 is 0 Å². The lowest BCUT2D eigenvalue weighted by molar-refractivity contribution is 0.289. The van der Waals surface area contributed by atoms with Gasteiger partial charge in [0.05, 0.1) is 5.69 Å². The highest BCUT2D eigenvalue weighted by molar-refractivity contribution is 5.80. The summed E-state index contributed by atoms with van der Waals surface area (Å²) < 4.78 is 5.66. The molecule has 0 atom stereocenters. The molecule has 0 aliphatic carbocycles. The number of pyridine rings is 1. The summed E-state index contributed by atoms with van der Waals surface area (Å²) in [6, 6.07) is 16.1. The summed E-state index contributed by atoms with van der Waals surface area (Å²) >= 11 is 0. The average molecular weight is 298 g/mol. The van der Waals surface area contributed by atoms with E-state index in [9.17, 15) is 0 Å². The summed E-state index contributed by atoms with van der Waals surface area (Å²) in [5.74, 6) is 0.661. The fraction of sp³-hybridized carbons (Fsp3) is 0.316. The van der Waals surface area contributed by atoms with Gasteiger partial charge < -0.3 is 9.72 Å². The Morgan fingerprint density at radius 1 is 0.955 bits per heavy atom. The Kier molecular flexibility index (Phi) is 7.76. The zero-order chi connectivity index (χ0) is 16.4. The first-order chi connectivity index (χ1) is 10.8. The van der Waals surface area contributed by atoms with E-state index in [-0.39, 0.29) is 0 Å². The molecule has 3 rings (SSSR count). The number of H-pyrrole nitrogens is 1. The number of aromatic nitrogens is 2. The first kappa shape index (κ1) is 17.8. The van der Waals surface area contributed by atoms with Crippen LogP contribution in [-0.4, -0.2) is 9.97 Å². The molecule has 3 aromatic rings. The predicted octanol–water partition coefficient (Wildman–Crippen LogP) is 5.50. The minimum absolute atomic E-state index is 0.505. The van der Waals surface area contributed by atoms with Crippen molar-refractivity contribution in [1.82, 2.24) is 9.97 Å². The maximum absolute atomic E-state index is 5.66. The van der Waals surface area contributed by atoms with Crippen LogP contribution in [0.4, 0.5) is 0 Å². The van der Waals surface area contributed by atoms with Gasteiger partial charge in [0.2, 0.25) is 5.88 Å². The zero-order valence-corrected chi connectivity index (χ0v) is 14.2. The number of fused-ring (bicyclic) bond motifs is 1. The minimum atomic E-state index is 0.505. The molecule has 0 bridgehead atoms. The third-order valence-corrected chi connectivity index (χ3v) is 2.82. The van der Waals surface area contributed by atoms with Crippen molar-refractivity contribution < 1.29 is 4.74 Å². The molecule has 0 unspecified atom stereocenters. The summed E-state index contributed by atoms with van der Waals surface area (Å²) in [5.41, 5.74) is 3.15. The fourth-order valence-electron chi connectivity index (χ4n) is 1.96. The summed E-state index contributed by atoms with van der Waals surface area (Å²) in [5, 5.41) is 1.20. The fourth-order valence-corrected chi connectivity index (χ4v) is 1.96. The van der Waals surface area contributed by atoms with Gasteiger partial charge in [-0.2, -0.15) is 0 Å². The number of benzene rings is 1. The van der Waals surface area contributed by atoms with Gasteiger partial charge in [-0.25, -0.2) is 4.98 Å². The lowest BCUT2D eigenvalue weighted by atomic mass is 10.2. The molecule has 1 aromatic carbocycles. The minimum Gasteiger partial charge on any atom is -0.471 e. The Bertz CT molecular complexity index is 641. The van der Waals surface area contributed by atoms with Crippen LogP contribution in [0.3, 0.4) is 0 Å². The highest BCUT2D eigenvalue weighted by Crippen LogP contribution is 2.16. The molecule has 1 N–H and O–H groups in total. The van der Waals surface area contributed by atoms with E-state index in [1.165, 1.54) is 5.39 Å². The SMILES string of the molecule is CC.CC.Cc1cccc(OCc2cc3ccccc3[nH]2)n1. The number of ether oxygens (including phenoxy) is 1. The van der Waals surface area contributed by atoms with Crippen LogP contribution in [0.1, 0.15) is 39.1 Å². The van der Waals surface area contributed by atoms with Crippen molar-refractivity contribution in [3.8, 4) is 5.88 Å². The molecule has 2 heterocycles. The number of nitrogens with zero attached hydrogens (tertiary/aromatic N) is 1. The predicted molar refractivity (Wildman–Crippen MR) is 94.3 cm³/mol. The van der Waals surface area contributed by atoms with Crippen LogP contribution in [0.25, 0.3) is 10.9 Å². The molecule has 0 amide bonds. The van der Waals surface area contributed by atoms with Crippen molar-refractivity contribution in [1.29, 1.82) is 0 Å². The van der Waals surface area contributed by atoms with Crippen molar-refractivity contribution in [3.63, 3.8) is 0 Å². The standard InChI is InChI=1S/C15H14N2O.2C2H6/c1-11-5-4-8-15(16-11)18-10-13-9-12-6-2-3-7-14(12)17-13;2*1-2/h2-9,17H,10H2,1H3;2*1-2H3. The topological polar surface area (TPSA) is 37.9 Å². The molecule has 2 aromatic heterocycles. The molecule has 0 aliphatic rings. The monoisotopic (exact) mass is 298 g/mol. The van der Waals surface area contributed by atoms with Gasteiger partial charge in [0, 0.05) is 17.3 Å². The normalized spacial score (nSPS) is 9.32. The average Bonchev–Trinajstić information content (AvgIpc) is 3.00. The number of hydrogen-bond donors (Lipinski definition) is 1. The van der Waals surface area contributed by atoms with E-state index < -0.39 is 0 Å². The summed E-state index contributed by atoms with van der Waals surface area (Å²) in [7, 11) is 0. The Labute approximate surface area is 133 Å². The van der Waals surface area contributed by atoms with Gasteiger partial charge in [-0.1, -0.05) is 52.0 Å². The van der Waals surface area contributed by atoms with Crippen molar-refractivity contribution in [2.75, 3.05) is 0 Å². The van der Waals surface area contributed by atoms with Crippen molar-refractivity contribution in [2.24, 2.45) is 0 Å². The smallest absolute Gasteiger partial charge is 0.213 e. The van der Waals surface area contributed by atoms with Crippen molar-refractivity contribution in [3.05, 3.63) is 59.9 Å². The second-order valence-corrected chi connectivity index (χ2v) is 4.29. The third-order valence-electron chi connectivity index (χ3n) is 2.82. The molecular weight excluding hydrogens is 272 g/mol. The Hall–Kier alpha value is -2.29. The van der Waals surface area contributed by atoms with Crippen molar-refractivity contribution >= 4 is 10.9 Å². The van der Waals surface area contributed by atoms with Gasteiger partial charge in [0.1, 0.15) is 6.61 Å². The van der Waals surface area contributed by atoms with Crippen LogP contribution < -0.4 is 4.74 Å². The number of para-hydroxylation sites is 1. The summed E-state index contributed by atoms with van der Waals surface area (Å²) in [6.07, 6.45) is 0. The highest BCUT2D eigenvalue weighted by atomic mass is 16.5. The largest absolute Gasteiger partial charge is 0.471 e. The molecule has 0 fully saturated rings. The maximum Gasteiger partial charge on any atom is 0.213 e. The van der Waals surface area contributed by atoms with E-state index in [4.69, 9.17) is 4.74 Å². The van der Waals surface area contributed by atoms with Crippen LogP contribution in [0.2, 0.25) is 0 Å². The van der Waals surface area contributed by atoms with Gasteiger partial charge in [0.25, 0.3) is 0 Å². The highest BCUT2D eigenvalue weighted by Gasteiger charge is 2.01. The lowest BCUT2D eigenvalue weighted by Gasteiger charge is -2.03. The quantitative estimate of drug-likeness (QED) is 0.693. The summed E-state index contributed by atoms with van der Waals surface area (Å²) in [6.45, 7) is 10.5. The number of aryl methyl sites for hydroxylation is 1. The van der Waals surface area contributed by atoms with Gasteiger partial charge in [-0.05, 0) is 30.5 Å². The number of nitrogens with one attached hydrogen (secondary N) is 1. The van der Waals surface area contributed by atoms with Gasteiger partial charge >= 0.3 is 0 Å². The second kappa shape index (κ2) is 9.61. The van der Waals surface area contributed by atoms with Gasteiger partial charge in [-0.15, -0.1) is 0 Å². The zero-order valence-electron chi connectivity index (χ0n) is 14.2.